The number of anilines is 1. The number of Topliss-reactive ketones (excluding diaryl/α,β-unsaturated/α-hetero) is 1. The van der Waals surface area contributed by atoms with E-state index in [4.69, 9.17) is 4.99 Å². The molecule has 26 heavy (non-hydrogen) atoms. The molecule has 6 heteroatoms. The maximum atomic E-state index is 13.1. The summed E-state index contributed by atoms with van der Waals surface area (Å²) in [4.78, 5) is 24.0. The van der Waals surface area contributed by atoms with Crippen molar-refractivity contribution >= 4 is 44.5 Å². The van der Waals surface area contributed by atoms with E-state index in [2.05, 4.69) is 4.98 Å². The summed E-state index contributed by atoms with van der Waals surface area (Å²) < 4.78 is 1.08. The molecule has 0 saturated carbocycles. The summed E-state index contributed by atoms with van der Waals surface area (Å²) in [6.07, 6.45) is 0.345. The number of carbonyl (C=O) groups excluding carboxylic acids is 1. The highest BCUT2D eigenvalue weighted by Crippen LogP contribution is 2.40. The van der Waals surface area contributed by atoms with Crippen molar-refractivity contribution < 1.29 is 9.90 Å². The molecule has 2 aliphatic rings. The summed E-state index contributed by atoms with van der Waals surface area (Å²) in [5.74, 6) is 0.184. The summed E-state index contributed by atoms with van der Waals surface area (Å²) in [5, 5.41) is 11.2. The number of aromatic nitrogens is 1. The van der Waals surface area contributed by atoms with Crippen LogP contribution in [0.15, 0.2) is 40.8 Å². The SMILES string of the molecule is Cc1cc2c(cc1C)C(=O)[C@]1(O)CCN(c3ccc4ncsc4c3)C1=N2. The van der Waals surface area contributed by atoms with Gasteiger partial charge in [-0.05, 0) is 55.3 Å². The number of rotatable bonds is 1. The van der Waals surface area contributed by atoms with Gasteiger partial charge in [-0.2, -0.15) is 0 Å². The van der Waals surface area contributed by atoms with E-state index in [1.807, 2.05) is 54.6 Å². The van der Waals surface area contributed by atoms with Gasteiger partial charge in [-0.15, -0.1) is 11.3 Å². The Bertz CT molecular complexity index is 1120. The Morgan fingerprint density at radius 2 is 2.00 bits per heavy atom. The molecule has 0 radical (unpaired) electrons. The minimum absolute atomic E-state index is 0.248. The maximum Gasteiger partial charge on any atom is 0.204 e. The van der Waals surface area contributed by atoms with Gasteiger partial charge < -0.3 is 10.0 Å². The Hall–Kier alpha value is -2.57. The number of amidine groups is 1. The lowest BCUT2D eigenvalue weighted by atomic mass is 9.86. The number of ketones is 1. The Morgan fingerprint density at radius 3 is 2.85 bits per heavy atom. The number of nitrogens with zero attached hydrogens (tertiary/aromatic N) is 3. The Balaban J connectivity index is 1.67. The van der Waals surface area contributed by atoms with Crippen LogP contribution < -0.4 is 4.90 Å². The van der Waals surface area contributed by atoms with Crippen LogP contribution in [0.1, 0.15) is 27.9 Å². The van der Waals surface area contributed by atoms with Gasteiger partial charge in [0.05, 0.1) is 21.4 Å². The molecule has 0 aliphatic carbocycles. The number of hydrogen-bond donors (Lipinski definition) is 1. The molecule has 2 aliphatic heterocycles. The van der Waals surface area contributed by atoms with Gasteiger partial charge in [-0.1, -0.05) is 0 Å². The predicted octanol–water partition coefficient (Wildman–Crippen LogP) is 3.78. The van der Waals surface area contributed by atoms with Crippen molar-refractivity contribution in [1.29, 1.82) is 0 Å². The average Bonchev–Trinajstić information content (AvgIpc) is 3.22. The Labute approximate surface area is 154 Å². The predicted molar refractivity (Wildman–Crippen MR) is 104 cm³/mol. The average molecular weight is 363 g/mol. The van der Waals surface area contributed by atoms with E-state index in [1.54, 1.807) is 11.3 Å². The molecule has 130 valence electrons. The molecule has 0 unspecified atom stereocenters. The molecule has 0 spiro atoms. The highest BCUT2D eigenvalue weighted by molar-refractivity contribution is 7.16. The van der Waals surface area contributed by atoms with Gasteiger partial charge in [0.15, 0.2) is 5.60 Å². The smallest absolute Gasteiger partial charge is 0.204 e. The number of carbonyl (C=O) groups is 1. The molecule has 3 heterocycles. The normalized spacial score (nSPS) is 21.7. The highest BCUT2D eigenvalue weighted by Gasteiger charge is 2.52. The van der Waals surface area contributed by atoms with Crippen molar-refractivity contribution in [3.63, 3.8) is 0 Å². The van der Waals surface area contributed by atoms with Crippen molar-refractivity contribution in [3.8, 4) is 0 Å². The lowest BCUT2D eigenvalue weighted by Crippen LogP contribution is -2.48. The van der Waals surface area contributed by atoms with Crippen LogP contribution >= 0.6 is 11.3 Å². The van der Waals surface area contributed by atoms with Gasteiger partial charge in [0.25, 0.3) is 0 Å². The van der Waals surface area contributed by atoms with Gasteiger partial charge in [-0.3, -0.25) is 4.79 Å². The molecular weight excluding hydrogens is 346 g/mol. The van der Waals surface area contributed by atoms with Crippen LogP contribution in [-0.2, 0) is 0 Å². The van der Waals surface area contributed by atoms with Crippen LogP contribution in [-0.4, -0.2) is 33.9 Å². The molecule has 5 rings (SSSR count). The molecule has 1 fully saturated rings. The first-order chi connectivity index (χ1) is 12.5. The van der Waals surface area contributed by atoms with E-state index < -0.39 is 5.60 Å². The lowest BCUT2D eigenvalue weighted by molar-refractivity contribution is 0.0602. The van der Waals surface area contributed by atoms with Gasteiger partial charge in [0, 0.05) is 24.2 Å². The molecule has 1 N–H and O–H groups in total. The number of aryl methyl sites for hydroxylation is 2. The molecule has 1 saturated heterocycles. The van der Waals surface area contributed by atoms with E-state index in [9.17, 15) is 9.90 Å². The van der Waals surface area contributed by atoms with Crippen LogP contribution in [0.3, 0.4) is 0 Å². The van der Waals surface area contributed by atoms with Crippen molar-refractivity contribution in [2.45, 2.75) is 25.9 Å². The minimum atomic E-state index is -1.54. The molecule has 1 atom stereocenters. The zero-order chi connectivity index (χ0) is 18.1. The second-order valence-electron chi connectivity index (χ2n) is 6.98. The van der Waals surface area contributed by atoms with Gasteiger partial charge >= 0.3 is 0 Å². The summed E-state index contributed by atoms with van der Waals surface area (Å²) in [6.45, 7) is 4.53. The van der Waals surface area contributed by atoms with E-state index in [1.165, 1.54) is 0 Å². The van der Waals surface area contributed by atoms with Gasteiger partial charge in [0.1, 0.15) is 5.84 Å². The Morgan fingerprint density at radius 1 is 1.19 bits per heavy atom. The van der Waals surface area contributed by atoms with E-state index in [0.29, 0.717) is 30.1 Å². The van der Waals surface area contributed by atoms with Crippen molar-refractivity contribution in [2.24, 2.45) is 4.99 Å². The van der Waals surface area contributed by atoms with Crippen molar-refractivity contribution in [2.75, 3.05) is 11.4 Å². The fourth-order valence-corrected chi connectivity index (χ4v) is 4.47. The molecular formula is C20H17N3O2S. The van der Waals surface area contributed by atoms with Crippen molar-refractivity contribution in [3.05, 3.63) is 52.5 Å². The number of fused-ring (bicyclic) bond motifs is 3. The Kier molecular flexibility index (Phi) is 3.14. The first-order valence-corrected chi connectivity index (χ1v) is 9.44. The van der Waals surface area contributed by atoms with Crippen LogP contribution in [0.4, 0.5) is 11.4 Å². The third kappa shape index (κ3) is 2.03. The summed E-state index contributed by atoms with van der Waals surface area (Å²) in [6, 6.07) is 9.75. The first-order valence-electron chi connectivity index (χ1n) is 8.56. The summed E-state index contributed by atoms with van der Waals surface area (Å²) >= 11 is 1.57. The van der Waals surface area contributed by atoms with E-state index >= 15 is 0 Å². The van der Waals surface area contributed by atoms with E-state index in [-0.39, 0.29) is 5.78 Å². The number of benzene rings is 2. The monoisotopic (exact) mass is 363 g/mol. The highest BCUT2D eigenvalue weighted by atomic mass is 32.1. The van der Waals surface area contributed by atoms with Gasteiger partial charge in [0.2, 0.25) is 5.78 Å². The van der Waals surface area contributed by atoms with Crippen LogP contribution in [0.25, 0.3) is 10.2 Å². The lowest BCUT2D eigenvalue weighted by Gasteiger charge is -2.30. The van der Waals surface area contributed by atoms with Crippen molar-refractivity contribution in [1.82, 2.24) is 4.98 Å². The number of aliphatic hydroxyl groups is 1. The third-order valence-corrected chi connectivity index (χ3v) is 6.20. The molecule has 0 amide bonds. The zero-order valence-electron chi connectivity index (χ0n) is 14.5. The minimum Gasteiger partial charge on any atom is -0.374 e. The number of aliphatic imine (C=N–C) groups is 1. The largest absolute Gasteiger partial charge is 0.374 e. The first kappa shape index (κ1) is 15.7. The maximum absolute atomic E-state index is 13.1. The molecule has 1 aromatic heterocycles. The summed E-state index contributed by atoms with van der Waals surface area (Å²) in [7, 11) is 0. The quantitative estimate of drug-likeness (QED) is 0.714. The van der Waals surface area contributed by atoms with Crippen LogP contribution in [0.2, 0.25) is 0 Å². The zero-order valence-corrected chi connectivity index (χ0v) is 15.3. The second kappa shape index (κ2) is 5.22. The molecule has 0 bridgehead atoms. The van der Waals surface area contributed by atoms with Gasteiger partial charge in [-0.25, -0.2) is 9.98 Å². The fourth-order valence-electron chi connectivity index (χ4n) is 3.76. The molecule has 3 aromatic rings. The standard InChI is InChI=1S/C20H17N3O2S/c1-11-7-14-16(8-12(11)2)22-19-20(25,18(14)24)5-6-23(19)13-3-4-15-17(9-13)26-10-21-15/h3-4,7-10,25H,5-6H2,1-2H3/t20-/m1/s1. The van der Waals surface area contributed by atoms with Crippen LogP contribution in [0.5, 0.6) is 0 Å². The van der Waals surface area contributed by atoms with Crippen LogP contribution in [0, 0.1) is 13.8 Å². The van der Waals surface area contributed by atoms with E-state index in [0.717, 1.165) is 27.0 Å². The summed E-state index contributed by atoms with van der Waals surface area (Å²) in [5.41, 5.74) is 5.42. The topological polar surface area (TPSA) is 65.8 Å². The second-order valence-corrected chi connectivity index (χ2v) is 7.87. The molecule has 2 aromatic carbocycles. The molecule has 5 nitrogen and oxygen atoms in total. The number of thiazole rings is 1. The fraction of sp³-hybridized carbons (Fsp3) is 0.250. The number of hydrogen-bond acceptors (Lipinski definition) is 6. The third-order valence-electron chi connectivity index (χ3n) is 5.41.